The van der Waals surface area contributed by atoms with E-state index in [0.29, 0.717) is 0 Å². The highest BCUT2D eigenvalue weighted by Crippen LogP contribution is 2.31. The average Bonchev–Trinajstić information content (AvgIpc) is 3.25. The van der Waals surface area contributed by atoms with Crippen LogP contribution in [0.5, 0.6) is 5.75 Å². The van der Waals surface area contributed by atoms with Gasteiger partial charge in [-0.2, -0.15) is 5.10 Å². The lowest BCUT2D eigenvalue weighted by Gasteiger charge is -2.08. The summed E-state index contributed by atoms with van der Waals surface area (Å²) < 4.78 is 5.74. The van der Waals surface area contributed by atoms with Crippen molar-refractivity contribution in [1.82, 2.24) is 20.2 Å². The number of nitrogens with zero attached hydrogens (tertiary/aromatic N) is 3. The van der Waals surface area contributed by atoms with Crippen LogP contribution in [0.25, 0.3) is 33.8 Å². The fourth-order valence-corrected chi connectivity index (χ4v) is 3.02. The molecule has 0 unspecified atom stereocenters. The van der Waals surface area contributed by atoms with Crippen molar-refractivity contribution in [2.45, 2.75) is 19.8 Å². The van der Waals surface area contributed by atoms with E-state index in [4.69, 9.17) is 4.74 Å². The summed E-state index contributed by atoms with van der Waals surface area (Å²) in [5.41, 5.74) is 5.76. The molecule has 0 saturated heterocycles. The molecule has 28 heavy (non-hydrogen) atoms. The van der Waals surface area contributed by atoms with Crippen LogP contribution >= 0.6 is 0 Å². The second-order valence-corrected chi connectivity index (χ2v) is 6.53. The van der Waals surface area contributed by atoms with Gasteiger partial charge in [0.25, 0.3) is 0 Å². The zero-order valence-electron chi connectivity index (χ0n) is 15.8. The molecule has 4 rings (SSSR count). The fourth-order valence-electron chi connectivity index (χ4n) is 3.02. The molecule has 0 spiro atoms. The number of nitrogens with one attached hydrogen (secondary N) is 1. The summed E-state index contributed by atoms with van der Waals surface area (Å²) in [6, 6.07) is 18.0. The van der Waals surface area contributed by atoms with Gasteiger partial charge in [0.2, 0.25) is 0 Å². The molecule has 3 heterocycles. The molecule has 1 N–H and O–H groups in total. The van der Waals surface area contributed by atoms with Crippen LogP contribution in [0.15, 0.2) is 73.2 Å². The van der Waals surface area contributed by atoms with Gasteiger partial charge < -0.3 is 4.74 Å². The van der Waals surface area contributed by atoms with Gasteiger partial charge >= 0.3 is 0 Å². The van der Waals surface area contributed by atoms with Crippen LogP contribution in [0.1, 0.15) is 19.8 Å². The van der Waals surface area contributed by atoms with Crippen molar-refractivity contribution in [1.29, 1.82) is 0 Å². The lowest BCUT2D eigenvalue weighted by Crippen LogP contribution is -1.96. The Hall–Kier alpha value is -3.47. The van der Waals surface area contributed by atoms with Crippen molar-refractivity contribution < 1.29 is 4.74 Å². The molecule has 0 aliphatic rings. The first-order valence-corrected chi connectivity index (χ1v) is 9.49. The largest absolute Gasteiger partial charge is 0.494 e. The maximum atomic E-state index is 5.74. The summed E-state index contributed by atoms with van der Waals surface area (Å²) in [6.07, 6.45) is 7.60. The highest BCUT2D eigenvalue weighted by atomic mass is 16.5. The first-order chi connectivity index (χ1) is 13.8. The summed E-state index contributed by atoms with van der Waals surface area (Å²) >= 11 is 0. The number of rotatable bonds is 7. The number of H-pyrrole nitrogens is 1. The molecule has 1 aromatic carbocycles. The maximum Gasteiger partial charge on any atom is 0.119 e. The van der Waals surface area contributed by atoms with Crippen LogP contribution in [0, 0.1) is 0 Å². The average molecular weight is 370 g/mol. The normalized spacial score (nSPS) is 10.8. The number of aromatic nitrogens is 4. The molecular formula is C23H22N4O. The van der Waals surface area contributed by atoms with E-state index < -0.39 is 0 Å². The second kappa shape index (κ2) is 8.48. The summed E-state index contributed by atoms with van der Waals surface area (Å²) in [5, 5.41) is 7.32. The lowest BCUT2D eigenvalue weighted by atomic mass is 10.0. The molecule has 0 fully saturated rings. The third-order valence-electron chi connectivity index (χ3n) is 4.55. The van der Waals surface area contributed by atoms with Crippen LogP contribution in [0.4, 0.5) is 0 Å². The van der Waals surface area contributed by atoms with Gasteiger partial charge in [-0.25, -0.2) is 0 Å². The topological polar surface area (TPSA) is 63.7 Å². The minimum absolute atomic E-state index is 0.750. The highest BCUT2D eigenvalue weighted by Gasteiger charge is 2.12. The smallest absolute Gasteiger partial charge is 0.119 e. The Morgan fingerprint density at radius 2 is 1.75 bits per heavy atom. The number of pyridine rings is 2. The quantitative estimate of drug-likeness (QED) is 0.444. The van der Waals surface area contributed by atoms with Gasteiger partial charge in [-0.15, -0.1) is 0 Å². The van der Waals surface area contributed by atoms with Crippen molar-refractivity contribution in [3.8, 4) is 39.5 Å². The summed E-state index contributed by atoms with van der Waals surface area (Å²) in [7, 11) is 0. The van der Waals surface area contributed by atoms with Crippen molar-refractivity contribution in [3.63, 3.8) is 0 Å². The number of benzene rings is 1. The maximum absolute atomic E-state index is 5.74. The molecule has 4 aromatic rings. The fraction of sp³-hybridized carbons (Fsp3) is 0.174. The van der Waals surface area contributed by atoms with Gasteiger partial charge in [-0.05, 0) is 55.0 Å². The third-order valence-corrected chi connectivity index (χ3v) is 4.55. The Morgan fingerprint density at radius 1 is 0.893 bits per heavy atom. The molecule has 0 aliphatic heterocycles. The van der Waals surface area contributed by atoms with E-state index in [-0.39, 0.29) is 0 Å². The summed E-state index contributed by atoms with van der Waals surface area (Å²) in [6.45, 7) is 2.91. The first-order valence-electron chi connectivity index (χ1n) is 9.49. The Labute approximate surface area is 164 Å². The van der Waals surface area contributed by atoms with Gasteiger partial charge in [-0.3, -0.25) is 15.1 Å². The monoisotopic (exact) mass is 370 g/mol. The molecule has 5 nitrogen and oxygen atoms in total. The molecular weight excluding hydrogens is 348 g/mol. The van der Waals surface area contributed by atoms with Gasteiger partial charge in [0.05, 0.1) is 29.9 Å². The van der Waals surface area contributed by atoms with Crippen LogP contribution in [-0.2, 0) is 0 Å². The van der Waals surface area contributed by atoms with Gasteiger partial charge in [0.1, 0.15) is 5.75 Å². The first kappa shape index (κ1) is 17.9. The molecule has 3 aromatic heterocycles. The number of unbranched alkanes of at least 4 members (excludes halogenated alkanes) is 1. The Morgan fingerprint density at radius 3 is 2.54 bits per heavy atom. The van der Waals surface area contributed by atoms with Gasteiger partial charge in [-0.1, -0.05) is 19.4 Å². The van der Waals surface area contributed by atoms with Crippen LogP contribution in [-0.4, -0.2) is 26.8 Å². The standard InChI is InChI=1S/C23H22N4O/c1-2-3-14-28-19-9-7-17(8-10-19)22-15-18(11-13-25-22)23-20(16-26-27-23)21-6-4-5-12-24-21/h4-13,15-16H,2-3,14H2,1H3,(H,26,27). The molecule has 0 atom stereocenters. The zero-order chi connectivity index (χ0) is 19.2. The van der Waals surface area contributed by atoms with Crippen molar-refractivity contribution >= 4 is 0 Å². The van der Waals surface area contributed by atoms with E-state index in [1.807, 2.05) is 54.7 Å². The summed E-state index contributed by atoms with van der Waals surface area (Å²) in [5.74, 6) is 0.888. The zero-order valence-corrected chi connectivity index (χ0v) is 15.8. The van der Waals surface area contributed by atoms with E-state index >= 15 is 0 Å². The van der Waals surface area contributed by atoms with Gasteiger partial charge in [0.15, 0.2) is 0 Å². The van der Waals surface area contributed by atoms with Crippen molar-refractivity contribution in [3.05, 3.63) is 73.2 Å². The second-order valence-electron chi connectivity index (χ2n) is 6.53. The Bertz CT molecular complexity index is 1030. The molecule has 0 aliphatic carbocycles. The van der Waals surface area contributed by atoms with E-state index in [1.54, 1.807) is 12.4 Å². The van der Waals surface area contributed by atoms with E-state index in [2.05, 4.69) is 33.2 Å². The minimum atomic E-state index is 0.750. The molecule has 0 radical (unpaired) electrons. The van der Waals surface area contributed by atoms with Crippen LogP contribution < -0.4 is 4.74 Å². The van der Waals surface area contributed by atoms with Crippen LogP contribution in [0.2, 0.25) is 0 Å². The lowest BCUT2D eigenvalue weighted by molar-refractivity contribution is 0.309. The van der Waals surface area contributed by atoms with E-state index in [1.165, 1.54) is 0 Å². The van der Waals surface area contributed by atoms with Gasteiger partial charge in [0, 0.05) is 29.1 Å². The number of ether oxygens (including phenoxy) is 1. The Kier molecular flexibility index (Phi) is 5.43. The molecule has 0 amide bonds. The molecule has 5 heteroatoms. The van der Waals surface area contributed by atoms with Crippen molar-refractivity contribution in [2.75, 3.05) is 6.61 Å². The minimum Gasteiger partial charge on any atom is -0.494 e. The number of hydrogen-bond donors (Lipinski definition) is 1. The van der Waals surface area contributed by atoms with Crippen LogP contribution in [0.3, 0.4) is 0 Å². The van der Waals surface area contributed by atoms with E-state index in [0.717, 1.165) is 59.0 Å². The molecule has 0 bridgehead atoms. The number of hydrogen-bond acceptors (Lipinski definition) is 4. The summed E-state index contributed by atoms with van der Waals surface area (Å²) in [4.78, 5) is 8.98. The third kappa shape index (κ3) is 3.93. The Balaban J connectivity index is 1.60. The predicted molar refractivity (Wildman–Crippen MR) is 111 cm³/mol. The predicted octanol–water partition coefficient (Wildman–Crippen LogP) is 5.38. The molecule has 0 saturated carbocycles. The number of aromatic amines is 1. The highest BCUT2D eigenvalue weighted by molar-refractivity contribution is 5.80. The SMILES string of the molecule is CCCCOc1ccc(-c2cc(-c3[nH]ncc3-c3ccccn3)ccn2)cc1. The van der Waals surface area contributed by atoms with Crippen molar-refractivity contribution in [2.24, 2.45) is 0 Å². The molecule has 140 valence electrons. The van der Waals surface area contributed by atoms with E-state index in [9.17, 15) is 0 Å².